The van der Waals surface area contributed by atoms with Gasteiger partial charge in [0.1, 0.15) is 11.3 Å². The second-order valence-electron chi connectivity index (χ2n) is 9.00. The molecule has 0 aliphatic carbocycles. The van der Waals surface area contributed by atoms with Crippen LogP contribution in [0.15, 0.2) is 42.6 Å². The van der Waals surface area contributed by atoms with Gasteiger partial charge in [-0.2, -0.15) is 0 Å². The lowest BCUT2D eigenvalue weighted by atomic mass is 9.64. The average molecular weight is 394 g/mol. The van der Waals surface area contributed by atoms with E-state index in [1.165, 1.54) is 0 Å². The van der Waals surface area contributed by atoms with Crippen molar-refractivity contribution in [1.29, 1.82) is 0 Å². The summed E-state index contributed by atoms with van der Waals surface area (Å²) in [6.45, 7) is 6.29. The summed E-state index contributed by atoms with van der Waals surface area (Å²) < 4.78 is 18.4. The molecule has 1 spiro atoms. The zero-order chi connectivity index (χ0) is 20.2. The van der Waals surface area contributed by atoms with E-state index in [2.05, 4.69) is 24.9 Å². The monoisotopic (exact) mass is 394 g/mol. The molecule has 2 aromatic rings. The number of rotatable bonds is 2. The number of likely N-dealkylation sites (tertiary alicyclic amines) is 1. The molecule has 0 saturated carbocycles. The first-order chi connectivity index (χ1) is 13.9. The van der Waals surface area contributed by atoms with Crippen LogP contribution in [-0.2, 0) is 4.74 Å². The predicted molar refractivity (Wildman–Crippen MR) is 107 cm³/mol. The van der Waals surface area contributed by atoms with Crippen molar-refractivity contribution >= 4 is 5.91 Å². The first-order valence-corrected chi connectivity index (χ1v) is 10.1. The van der Waals surface area contributed by atoms with Gasteiger partial charge in [0.05, 0.1) is 19.8 Å². The normalized spacial score (nSPS) is 26.0. The Bertz CT molecular complexity index is 937. The number of fused-ring (bicyclic) bond motifs is 3. The van der Waals surface area contributed by atoms with Crippen LogP contribution < -0.4 is 9.47 Å². The van der Waals surface area contributed by atoms with E-state index in [9.17, 15) is 4.79 Å². The Morgan fingerprint density at radius 2 is 2.03 bits per heavy atom. The Kier molecular flexibility index (Phi) is 4.10. The van der Waals surface area contributed by atoms with Crippen molar-refractivity contribution in [3.05, 3.63) is 53.9 Å². The van der Waals surface area contributed by atoms with E-state index in [1.807, 2.05) is 29.2 Å². The average Bonchev–Trinajstić information content (AvgIpc) is 2.71. The van der Waals surface area contributed by atoms with E-state index in [-0.39, 0.29) is 28.9 Å². The van der Waals surface area contributed by atoms with Gasteiger partial charge in [0.15, 0.2) is 11.5 Å². The van der Waals surface area contributed by atoms with Crippen LogP contribution >= 0.6 is 0 Å². The topological polar surface area (TPSA) is 60.9 Å². The summed E-state index contributed by atoms with van der Waals surface area (Å²) in [7, 11) is 1.66. The molecular formula is C23H26N2O4. The number of carbonyl (C=O) groups is 1. The lowest BCUT2D eigenvalue weighted by Gasteiger charge is -2.58. The summed E-state index contributed by atoms with van der Waals surface area (Å²) in [4.78, 5) is 18.7. The van der Waals surface area contributed by atoms with Gasteiger partial charge in [0.2, 0.25) is 0 Å². The van der Waals surface area contributed by atoms with Crippen LogP contribution in [-0.4, -0.2) is 48.2 Å². The Morgan fingerprint density at radius 3 is 2.76 bits per heavy atom. The van der Waals surface area contributed by atoms with E-state index in [1.54, 1.807) is 19.4 Å². The molecule has 0 bridgehead atoms. The largest absolute Gasteiger partial charge is 0.493 e. The first-order valence-electron chi connectivity index (χ1n) is 10.1. The van der Waals surface area contributed by atoms with Crippen molar-refractivity contribution in [3.8, 4) is 11.5 Å². The van der Waals surface area contributed by atoms with Gasteiger partial charge >= 0.3 is 0 Å². The summed E-state index contributed by atoms with van der Waals surface area (Å²) >= 11 is 0. The number of amides is 1. The second kappa shape index (κ2) is 6.46. The lowest BCUT2D eigenvalue weighted by Crippen LogP contribution is -2.65. The van der Waals surface area contributed by atoms with Crippen molar-refractivity contribution in [2.24, 2.45) is 11.3 Å². The molecule has 1 aromatic heterocycles. The third kappa shape index (κ3) is 2.89. The number of methoxy groups -OCH3 is 1. The standard InChI is InChI=1S/C23H26N2O4/c1-22(2)16-11-23(12-25(13-23)21(26)17-8-4-5-10-24-17)14-28-19(16)15-7-6-9-18(27-3)20(15)29-22/h4-10,16,19H,11-14H2,1-3H3/t16-,19+/m0/s1. The van der Waals surface area contributed by atoms with Gasteiger partial charge in [-0.25, -0.2) is 0 Å². The number of ether oxygens (including phenoxy) is 3. The fraction of sp³-hybridized carbons (Fsp3) is 0.478. The minimum absolute atomic E-state index is 0.00687. The summed E-state index contributed by atoms with van der Waals surface area (Å²) in [6.07, 6.45) is 2.60. The van der Waals surface area contributed by atoms with Crippen molar-refractivity contribution in [2.45, 2.75) is 32.0 Å². The maximum Gasteiger partial charge on any atom is 0.272 e. The van der Waals surface area contributed by atoms with Gasteiger partial charge < -0.3 is 19.1 Å². The highest BCUT2D eigenvalue weighted by molar-refractivity contribution is 5.92. The van der Waals surface area contributed by atoms with Crippen LogP contribution in [0.4, 0.5) is 0 Å². The highest BCUT2D eigenvalue weighted by atomic mass is 16.5. The fourth-order valence-corrected chi connectivity index (χ4v) is 5.08. The zero-order valence-electron chi connectivity index (χ0n) is 17.1. The highest BCUT2D eigenvalue weighted by Gasteiger charge is 2.57. The molecule has 2 saturated heterocycles. The molecule has 1 amide bonds. The maximum atomic E-state index is 12.7. The molecule has 0 unspecified atom stereocenters. The van der Waals surface area contributed by atoms with Crippen LogP contribution in [0, 0.1) is 11.3 Å². The summed E-state index contributed by atoms with van der Waals surface area (Å²) in [5, 5.41) is 0. The predicted octanol–water partition coefficient (Wildman–Crippen LogP) is 3.48. The van der Waals surface area contributed by atoms with Gasteiger partial charge in [0.25, 0.3) is 5.91 Å². The number of nitrogens with zero attached hydrogens (tertiary/aromatic N) is 2. The molecular weight excluding hydrogens is 368 g/mol. The molecule has 0 N–H and O–H groups in total. The van der Waals surface area contributed by atoms with Gasteiger partial charge in [-0.15, -0.1) is 0 Å². The number of aromatic nitrogens is 1. The highest BCUT2D eigenvalue weighted by Crippen LogP contribution is 2.56. The second-order valence-corrected chi connectivity index (χ2v) is 9.00. The Morgan fingerprint density at radius 1 is 1.21 bits per heavy atom. The number of para-hydroxylation sites is 1. The molecule has 29 heavy (non-hydrogen) atoms. The molecule has 4 heterocycles. The van der Waals surface area contributed by atoms with Crippen molar-refractivity contribution in [3.63, 3.8) is 0 Å². The first kappa shape index (κ1) is 18.4. The number of carbonyl (C=O) groups excluding carboxylic acids is 1. The Labute approximate surface area is 170 Å². The number of hydrogen-bond donors (Lipinski definition) is 0. The van der Waals surface area contributed by atoms with Crippen LogP contribution in [0.5, 0.6) is 11.5 Å². The van der Waals surface area contributed by atoms with Crippen LogP contribution in [0.2, 0.25) is 0 Å². The SMILES string of the molecule is COc1cccc2c1OC(C)(C)[C@H]1CC3(CO[C@H]21)CN(C(=O)c1ccccn1)C3. The maximum absolute atomic E-state index is 12.7. The van der Waals surface area contributed by atoms with Crippen LogP contribution in [0.3, 0.4) is 0 Å². The molecule has 3 aliphatic heterocycles. The lowest BCUT2D eigenvalue weighted by molar-refractivity contribution is -0.192. The third-order valence-corrected chi connectivity index (χ3v) is 6.61. The molecule has 6 heteroatoms. The summed E-state index contributed by atoms with van der Waals surface area (Å²) in [6, 6.07) is 11.4. The van der Waals surface area contributed by atoms with E-state index in [0.717, 1.165) is 23.5 Å². The molecule has 1 aromatic carbocycles. The van der Waals surface area contributed by atoms with Gasteiger partial charge in [0, 0.05) is 36.2 Å². The minimum Gasteiger partial charge on any atom is -0.493 e. The summed E-state index contributed by atoms with van der Waals surface area (Å²) in [5.74, 6) is 1.74. The van der Waals surface area contributed by atoms with Gasteiger partial charge in [-0.05, 0) is 38.5 Å². The molecule has 5 rings (SSSR count). The quantitative estimate of drug-likeness (QED) is 0.780. The molecule has 3 aliphatic rings. The van der Waals surface area contributed by atoms with Crippen molar-refractivity contribution in [1.82, 2.24) is 9.88 Å². The van der Waals surface area contributed by atoms with E-state index >= 15 is 0 Å². The van der Waals surface area contributed by atoms with E-state index in [4.69, 9.17) is 14.2 Å². The van der Waals surface area contributed by atoms with Crippen molar-refractivity contribution in [2.75, 3.05) is 26.8 Å². The fourth-order valence-electron chi connectivity index (χ4n) is 5.08. The number of benzene rings is 1. The summed E-state index contributed by atoms with van der Waals surface area (Å²) in [5.41, 5.74) is 1.16. The molecule has 2 atom stereocenters. The minimum atomic E-state index is -0.384. The van der Waals surface area contributed by atoms with Crippen molar-refractivity contribution < 1.29 is 19.0 Å². The van der Waals surface area contributed by atoms with Crippen LogP contribution in [0.1, 0.15) is 42.4 Å². The Balaban J connectivity index is 1.36. The van der Waals surface area contributed by atoms with Gasteiger partial charge in [-0.3, -0.25) is 9.78 Å². The van der Waals surface area contributed by atoms with Gasteiger partial charge in [-0.1, -0.05) is 18.2 Å². The van der Waals surface area contributed by atoms with E-state index in [0.29, 0.717) is 25.4 Å². The molecule has 2 fully saturated rings. The van der Waals surface area contributed by atoms with Crippen LogP contribution in [0.25, 0.3) is 0 Å². The molecule has 152 valence electrons. The molecule has 6 nitrogen and oxygen atoms in total. The number of hydrogen-bond acceptors (Lipinski definition) is 5. The molecule has 0 radical (unpaired) electrons. The third-order valence-electron chi connectivity index (χ3n) is 6.61. The smallest absolute Gasteiger partial charge is 0.272 e. The zero-order valence-corrected chi connectivity index (χ0v) is 17.1. The Hall–Kier alpha value is -2.60. The van der Waals surface area contributed by atoms with E-state index < -0.39 is 0 Å². The number of pyridine rings is 1.